The number of nitrogens with zero attached hydrogens (tertiary/aromatic N) is 3. The van der Waals surface area contributed by atoms with Crippen LogP contribution in [0.1, 0.15) is 39.5 Å². The number of hydrogen-bond acceptors (Lipinski definition) is 3. The molecule has 2 aliphatic heterocycles. The molecule has 0 spiro atoms. The van der Waals surface area contributed by atoms with Crippen LogP contribution in [0, 0.1) is 5.92 Å². The van der Waals surface area contributed by atoms with Crippen molar-refractivity contribution in [3.8, 4) is 0 Å². The van der Waals surface area contributed by atoms with Gasteiger partial charge < -0.3 is 14.7 Å². The van der Waals surface area contributed by atoms with E-state index in [1.165, 1.54) is 43.7 Å². The summed E-state index contributed by atoms with van der Waals surface area (Å²) in [4.78, 5) is 19.1. The third-order valence-electron chi connectivity index (χ3n) is 5.15. The number of amides is 1. The van der Waals surface area contributed by atoms with E-state index in [0.717, 1.165) is 26.2 Å². The lowest BCUT2D eigenvalue weighted by molar-refractivity contribution is -0.132. The molecule has 4 heteroatoms. The average molecular weight is 329 g/mol. The molecular formula is C20H31N3O. The minimum absolute atomic E-state index is 0.310. The normalized spacial score (nSPS) is 19.0. The second-order valence-electron chi connectivity index (χ2n) is 7.53. The van der Waals surface area contributed by atoms with E-state index < -0.39 is 0 Å². The molecule has 4 nitrogen and oxygen atoms in total. The Hall–Kier alpha value is -1.71. The topological polar surface area (TPSA) is 26.8 Å². The van der Waals surface area contributed by atoms with Crippen molar-refractivity contribution in [2.45, 2.75) is 39.5 Å². The van der Waals surface area contributed by atoms with E-state index in [0.29, 0.717) is 18.2 Å². The molecule has 0 aromatic heterocycles. The van der Waals surface area contributed by atoms with Crippen molar-refractivity contribution >= 4 is 17.3 Å². The predicted molar refractivity (Wildman–Crippen MR) is 101 cm³/mol. The zero-order valence-corrected chi connectivity index (χ0v) is 15.2. The van der Waals surface area contributed by atoms with Crippen molar-refractivity contribution < 1.29 is 4.79 Å². The molecule has 132 valence electrons. The lowest BCUT2D eigenvalue weighted by atomic mass is 10.1. The second-order valence-corrected chi connectivity index (χ2v) is 7.53. The number of hydrogen-bond donors (Lipinski definition) is 0. The number of benzene rings is 1. The van der Waals surface area contributed by atoms with Crippen LogP contribution in [0.25, 0.3) is 0 Å². The fraction of sp³-hybridized carbons (Fsp3) is 0.650. The van der Waals surface area contributed by atoms with Gasteiger partial charge in [-0.3, -0.25) is 4.79 Å². The Labute approximate surface area is 146 Å². The highest BCUT2D eigenvalue weighted by Gasteiger charge is 2.21. The van der Waals surface area contributed by atoms with Crippen molar-refractivity contribution in [1.82, 2.24) is 4.90 Å². The molecule has 1 amide bonds. The van der Waals surface area contributed by atoms with Crippen LogP contribution in [-0.2, 0) is 4.79 Å². The van der Waals surface area contributed by atoms with Crippen LogP contribution in [0.3, 0.4) is 0 Å². The molecule has 0 bridgehead atoms. The first-order valence-electron chi connectivity index (χ1n) is 9.51. The maximum atomic E-state index is 12.2. The Bertz CT molecular complexity index is 526. The largest absolute Gasteiger partial charge is 0.372 e. The maximum Gasteiger partial charge on any atom is 0.222 e. The van der Waals surface area contributed by atoms with Crippen molar-refractivity contribution in [2.24, 2.45) is 5.92 Å². The first-order valence-corrected chi connectivity index (χ1v) is 9.51. The van der Waals surface area contributed by atoms with Crippen LogP contribution in [0.4, 0.5) is 11.4 Å². The summed E-state index contributed by atoms with van der Waals surface area (Å²) in [6, 6.07) is 9.01. The van der Waals surface area contributed by atoms with Crippen LogP contribution in [0.15, 0.2) is 24.3 Å². The molecule has 0 aliphatic carbocycles. The van der Waals surface area contributed by atoms with Gasteiger partial charge in [-0.1, -0.05) is 13.8 Å². The van der Waals surface area contributed by atoms with Crippen molar-refractivity contribution in [2.75, 3.05) is 49.1 Å². The lowest BCUT2D eigenvalue weighted by Gasteiger charge is -2.36. The number of piperazine rings is 1. The van der Waals surface area contributed by atoms with Gasteiger partial charge in [0, 0.05) is 57.1 Å². The zero-order valence-electron chi connectivity index (χ0n) is 15.2. The van der Waals surface area contributed by atoms with E-state index in [4.69, 9.17) is 0 Å². The van der Waals surface area contributed by atoms with Crippen molar-refractivity contribution in [1.29, 1.82) is 0 Å². The molecule has 2 heterocycles. The number of carbonyl (C=O) groups is 1. The summed E-state index contributed by atoms with van der Waals surface area (Å²) >= 11 is 0. The van der Waals surface area contributed by atoms with Gasteiger partial charge in [0.15, 0.2) is 0 Å². The molecule has 1 aromatic carbocycles. The van der Waals surface area contributed by atoms with E-state index in [-0.39, 0.29) is 0 Å². The highest BCUT2D eigenvalue weighted by Crippen LogP contribution is 2.24. The molecule has 0 N–H and O–H groups in total. The van der Waals surface area contributed by atoms with Gasteiger partial charge in [0.05, 0.1) is 0 Å². The fourth-order valence-electron chi connectivity index (χ4n) is 3.72. The molecular weight excluding hydrogens is 298 g/mol. The third kappa shape index (κ3) is 4.22. The van der Waals surface area contributed by atoms with Crippen molar-refractivity contribution in [3.05, 3.63) is 24.3 Å². The number of anilines is 2. The van der Waals surface area contributed by atoms with Gasteiger partial charge in [0.1, 0.15) is 0 Å². The molecule has 2 saturated heterocycles. The third-order valence-corrected chi connectivity index (χ3v) is 5.15. The lowest BCUT2D eigenvalue weighted by Crippen LogP contribution is -2.49. The number of piperidine rings is 1. The van der Waals surface area contributed by atoms with Gasteiger partial charge >= 0.3 is 0 Å². The molecule has 2 aliphatic rings. The summed E-state index contributed by atoms with van der Waals surface area (Å²) in [5, 5.41) is 0. The van der Waals surface area contributed by atoms with E-state index in [9.17, 15) is 4.79 Å². The Morgan fingerprint density at radius 3 is 1.83 bits per heavy atom. The molecule has 1 aromatic rings. The summed E-state index contributed by atoms with van der Waals surface area (Å²) in [6.45, 7) is 10.2. The summed E-state index contributed by atoms with van der Waals surface area (Å²) in [6.07, 6.45) is 4.67. The van der Waals surface area contributed by atoms with Gasteiger partial charge in [-0.15, -0.1) is 0 Å². The Morgan fingerprint density at radius 1 is 0.833 bits per heavy atom. The van der Waals surface area contributed by atoms with Gasteiger partial charge in [-0.05, 0) is 49.4 Å². The summed E-state index contributed by atoms with van der Waals surface area (Å²) in [7, 11) is 0. The Morgan fingerprint density at radius 2 is 1.33 bits per heavy atom. The average Bonchev–Trinajstić information content (AvgIpc) is 2.62. The zero-order chi connectivity index (χ0) is 16.9. The maximum absolute atomic E-state index is 12.2. The van der Waals surface area contributed by atoms with Crippen LogP contribution in [0.5, 0.6) is 0 Å². The highest BCUT2D eigenvalue weighted by atomic mass is 16.2. The van der Waals surface area contributed by atoms with E-state index in [1.54, 1.807) is 0 Å². The first kappa shape index (κ1) is 17.1. The number of rotatable bonds is 4. The van der Waals surface area contributed by atoms with E-state index in [2.05, 4.69) is 47.9 Å². The SMILES string of the molecule is CC(C)CC(=O)N1CCN(c2ccc(N3CCCCC3)cc2)CC1. The quantitative estimate of drug-likeness (QED) is 0.847. The van der Waals surface area contributed by atoms with Crippen molar-refractivity contribution in [3.63, 3.8) is 0 Å². The van der Waals surface area contributed by atoms with Crippen LogP contribution in [0.2, 0.25) is 0 Å². The predicted octanol–water partition coefficient (Wildman–Crippen LogP) is 3.37. The summed E-state index contributed by atoms with van der Waals surface area (Å²) in [5.74, 6) is 0.753. The minimum atomic E-state index is 0.310. The monoisotopic (exact) mass is 329 g/mol. The Balaban J connectivity index is 1.53. The highest BCUT2D eigenvalue weighted by molar-refractivity contribution is 5.76. The van der Waals surface area contributed by atoms with Crippen LogP contribution >= 0.6 is 0 Å². The molecule has 3 rings (SSSR count). The van der Waals surface area contributed by atoms with Crippen LogP contribution < -0.4 is 9.80 Å². The van der Waals surface area contributed by atoms with E-state index in [1.807, 2.05) is 4.90 Å². The molecule has 24 heavy (non-hydrogen) atoms. The number of carbonyl (C=O) groups excluding carboxylic acids is 1. The fourth-order valence-corrected chi connectivity index (χ4v) is 3.72. The summed E-state index contributed by atoms with van der Waals surface area (Å²) in [5.41, 5.74) is 2.64. The smallest absolute Gasteiger partial charge is 0.222 e. The molecule has 0 saturated carbocycles. The minimum Gasteiger partial charge on any atom is -0.372 e. The van der Waals surface area contributed by atoms with E-state index >= 15 is 0 Å². The van der Waals surface area contributed by atoms with Gasteiger partial charge in [-0.25, -0.2) is 0 Å². The molecule has 2 fully saturated rings. The molecule has 0 atom stereocenters. The van der Waals surface area contributed by atoms with Gasteiger partial charge in [0.2, 0.25) is 5.91 Å². The van der Waals surface area contributed by atoms with Gasteiger partial charge in [0.25, 0.3) is 0 Å². The second kappa shape index (κ2) is 7.91. The molecule has 0 unspecified atom stereocenters. The Kier molecular flexibility index (Phi) is 5.64. The van der Waals surface area contributed by atoms with Gasteiger partial charge in [-0.2, -0.15) is 0 Å². The summed E-state index contributed by atoms with van der Waals surface area (Å²) < 4.78 is 0. The van der Waals surface area contributed by atoms with Crippen LogP contribution in [-0.4, -0.2) is 50.1 Å². The molecule has 0 radical (unpaired) electrons. The first-order chi connectivity index (χ1) is 11.6. The standard InChI is InChI=1S/C20H31N3O/c1-17(2)16-20(24)23-14-12-22(13-15-23)19-8-6-18(7-9-19)21-10-4-3-5-11-21/h6-9,17H,3-5,10-16H2,1-2H3.